The number of amides is 9. The summed E-state index contributed by atoms with van der Waals surface area (Å²) < 4.78 is 36.0. The van der Waals surface area contributed by atoms with Gasteiger partial charge in [0.05, 0.1) is 85.7 Å². The summed E-state index contributed by atoms with van der Waals surface area (Å²) in [5.41, 5.74) is 2.75. The lowest BCUT2D eigenvalue weighted by Gasteiger charge is -2.33. The third kappa shape index (κ3) is 16.5. The van der Waals surface area contributed by atoms with Crippen LogP contribution in [-0.4, -0.2) is 157 Å². The molecule has 0 fully saturated rings. The quantitative estimate of drug-likeness (QED) is 0.0395. The number of ether oxygens (including phenoxy) is 6. The van der Waals surface area contributed by atoms with Crippen LogP contribution in [-0.2, 0) is 44.8 Å². The van der Waals surface area contributed by atoms with Crippen molar-refractivity contribution in [3.8, 4) is 23.0 Å². The molecule has 0 bridgehead atoms. The molecule has 0 radical (unpaired) electrons. The second-order valence-electron chi connectivity index (χ2n) is 25.2. The molecule has 5 aliphatic rings. The summed E-state index contributed by atoms with van der Waals surface area (Å²) >= 11 is 0. The zero-order valence-electron chi connectivity index (χ0n) is 54.0. The van der Waals surface area contributed by atoms with Gasteiger partial charge in [-0.2, -0.15) is 0 Å². The number of rotatable bonds is 28. The Morgan fingerprint density at radius 1 is 0.736 bits per heavy atom. The van der Waals surface area contributed by atoms with E-state index in [0.29, 0.717) is 83.5 Å². The van der Waals surface area contributed by atoms with Gasteiger partial charge in [-0.25, -0.2) is 4.79 Å². The number of unbranched alkanes of at least 4 members (excludes halogenated alkanes) is 2. The first-order valence-corrected chi connectivity index (χ1v) is 30.8. The van der Waals surface area contributed by atoms with Crippen LogP contribution in [0.15, 0.2) is 89.2 Å². The van der Waals surface area contributed by atoms with E-state index in [9.17, 15) is 43.2 Å². The lowest BCUT2D eigenvalue weighted by Crippen LogP contribution is -2.56. The smallest absolute Gasteiger partial charge is 0.414 e. The fraction of sp³-hybridized carbons (Fsp3) is 0.493. The summed E-state index contributed by atoms with van der Waals surface area (Å²) in [5, 5.41) is 11.1. The minimum atomic E-state index is -1.09. The number of imide groups is 1. The molecule has 0 spiro atoms. The van der Waals surface area contributed by atoms with Gasteiger partial charge in [0, 0.05) is 68.1 Å². The molecule has 0 aromatic heterocycles. The van der Waals surface area contributed by atoms with Gasteiger partial charge in [-0.3, -0.25) is 53.1 Å². The summed E-state index contributed by atoms with van der Waals surface area (Å²) in [6.07, 6.45) is 10.8. The molecule has 24 nitrogen and oxygen atoms in total. The molecule has 1 unspecified atom stereocenters. The number of aliphatic imine (C=N–C) groups is 1. The number of hydrogen-bond acceptors (Lipinski definition) is 16. The SMILES string of the molecule is COc1cc2c(cc1OCCCCCOc1cc3c(cc1OC)C(=O)N1C=C(C)C[C@H]1C(C)N3C(=O)OCc1ccc(NC(=O)[C@H](C)NC(=O)[C@@H](NC(=O)C(C)(C)COC(C)(C)CCNC(=O)CCN3C(=O)C=CC3=O)C(C)C)cc1)N=C[C@@H]1CC(C)=CN1C2=O. The number of fused-ring (bicyclic) bond motifs is 4. The van der Waals surface area contributed by atoms with E-state index in [1.165, 1.54) is 26.0 Å². The fourth-order valence-electron chi connectivity index (χ4n) is 11.1. The highest BCUT2D eigenvalue weighted by molar-refractivity contribution is 6.13. The number of methoxy groups -OCH3 is 2. The van der Waals surface area contributed by atoms with Gasteiger partial charge in [0.15, 0.2) is 23.0 Å². The highest BCUT2D eigenvalue weighted by Gasteiger charge is 2.44. The van der Waals surface area contributed by atoms with Crippen LogP contribution in [0.1, 0.15) is 140 Å². The van der Waals surface area contributed by atoms with E-state index in [0.717, 1.165) is 41.0 Å². The number of hydrogen-bond donors (Lipinski definition) is 4. The monoisotopic (exact) mass is 1260 g/mol. The summed E-state index contributed by atoms with van der Waals surface area (Å²) in [5.74, 6) is -2.00. The average Bonchev–Trinajstić information content (AvgIpc) is 1.65. The molecule has 488 valence electrons. The van der Waals surface area contributed by atoms with Gasteiger partial charge < -0.3 is 59.5 Å². The summed E-state index contributed by atoms with van der Waals surface area (Å²) in [7, 11) is 3.02. The average molecular weight is 1260 g/mol. The van der Waals surface area contributed by atoms with Crippen LogP contribution >= 0.6 is 0 Å². The number of carbonyl (C=O) groups is 9. The lowest BCUT2D eigenvalue weighted by atomic mass is 9.91. The maximum Gasteiger partial charge on any atom is 0.414 e. The maximum atomic E-state index is 14.4. The molecule has 91 heavy (non-hydrogen) atoms. The highest BCUT2D eigenvalue weighted by atomic mass is 16.6. The molecule has 4 N–H and O–H groups in total. The minimum absolute atomic E-state index is 0.0186. The number of anilines is 2. The molecule has 0 saturated heterocycles. The third-order valence-corrected chi connectivity index (χ3v) is 16.6. The Hall–Kier alpha value is -9.06. The van der Waals surface area contributed by atoms with Crippen LogP contribution in [0, 0.1) is 11.3 Å². The molecular weight excluding hydrogens is 1170 g/mol. The topological polar surface area (TPSA) is 282 Å². The van der Waals surface area contributed by atoms with Crippen LogP contribution in [0.2, 0.25) is 0 Å². The molecule has 0 saturated carbocycles. The van der Waals surface area contributed by atoms with Crippen molar-refractivity contribution >= 4 is 76.6 Å². The Labute approximate surface area is 531 Å². The molecule has 5 atom stereocenters. The van der Waals surface area contributed by atoms with Crippen LogP contribution in [0.5, 0.6) is 23.0 Å². The maximum absolute atomic E-state index is 14.4. The molecular formula is C67H85N9O15. The van der Waals surface area contributed by atoms with Crippen LogP contribution in [0.25, 0.3) is 0 Å². The Bertz CT molecular complexity index is 3410. The van der Waals surface area contributed by atoms with Crippen LogP contribution in [0.4, 0.5) is 21.9 Å². The summed E-state index contributed by atoms with van der Waals surface area (Å²) in [6.45, 7) is 18.6. The Kier molecular flexibility index (Phi) is 21.8. The molecule has 5 heterocycles. The van der Waals surface area contributed by atoms with Crippen LogP contribution < -0.4 is 45.1 Å². The van der Waals surface area contributed by atoms with Crippen LogP contribution in [0.3, 0.4) is 0 Å². The van der Waals surface area contributed by atoms with E-state index >= 15 is 0 Å². The van der Waals surface area contributed by atoms with Crippen molar-refractivity contribution < 1.29 is 71.6 Å². The standard InChI is InChI=1S/C67H85N9O15/c1-39(2)59(72-64(84)66(7,8)38-91-67(9,10)23-24-68-56(77)22-25-73-57(78)20-21-58(73)79)61(81)70-42(5)60(80)71-45-18-16-44(17-19-45)37-90-65(85)76-43(6)50-29-41(4)36-75(50)63(83)48-31-53(87-12)55(33-51(48)76)89-27-15-13-14-26-88-54-32-49-47(30-52(54)86-11)62(82)74-35-40(3)28-46(74)34-69-49/h16-21,30-36,39,42-43,46,50,59H,13-15,22-29,37-38H2,1-12H3,(H,68,77)(H,70,81)(H,71,80)(H,72,84)/t42-,43?,46-,50-,59-/m0/s1. The van der Waals surface area contributed by atoms with E-state index in [1.54, 1.807) is 92.2 Å². The number of nitrogens with one attached hydrogen (secondary N) is 4. The van der Waals surface area contributed by atoms with Gasteiger partial charge in [0.1, 0.15) is 18.7 Å². The second kappa shape index (κ2) is 29.3. The first kappa shape index (κ1) is 67.9. The fourth-order valence-corrected chi connectivity index (χ4v) is 11.1. The Balaban J connectivity index is 0.810. The van der Waals surface area contributed by atoms with Crippen molar-refractivity contribution in [1.29, 1.82) is 0 Å². The van der Waals surface area contributed by atoms with E-state index in [-0.39, 0.29) is 80.6 Å². The number of benzene rings is 3. The first-order chi connectivity index (χ1) is 43.2. The van der Waals surface area contributed by atoms with E-state index in [2.05, 4.69) is 26.3 Å². The minimum Gasteiger partial charge on any atom is -0.493 e. The first-order valence-electron chi connectivity index (χ1n) is 30.8. The predicted octanol–water partition coefficient (Wildman–Crippen LogP) is 8.06. The molecule has 0 aliphatic carbocycles. The zero-order valence-corrected chi connectivity index (χ0v) is 54.0. The highest BCUT2D eigenvalue weighted by Crippen LogP contribution is 2.43. The van der Waals surface area contributed by atoms with E-state index in [4.69, 9.17) is 28.4 Å². The molecule has 24 heteroatoms. The largest absolute Gasteiger partial charge is 0.493 e. The predicted molar refractivity (Wildman–Crippen MR) is 339 cm³/mol. The molecule has 8 rings (SSSR count). The van der Waals surface area contributed by atoms with E-state index in [1.807, 2.05) is 47.0 Å². The summed E-state index contributed by atoms with van der Waals surface area (Å²) in [4.78, 5) is 129. The van der Waals surface area contributed by atoms with Crippen molar-refractivity contribution in [1.82, 2.24) is 30.7 Å². The van der Waals surface area contributed by atoms with Crippen molar-refractivity contribution in [3.05, 3.63) is 101 Å². The Morgan fingerprint density at radius 3 is 2.00 bits per heavy atom. The van der Waals surface area contributed by atoms with Gasteiger partial charge in [-0.05, 0) is 130 Å². The van der Waals surface area contributed by atoms with Gasteiger partial charge >= 0.3 is 6.09 Å². The van der Waals surface area contributed by atoms with Crippen molar-refractivity contribution in [2.75, 3.05) is 57.3 Å². The lowest BCUT2D eigenvalue weighted by molar-refractivity contribution is -0.141. The third-order valence-electron chi connectivity index (χ3n) is 16.6. The normalized spacial score (nSPS) is 18.3. The zero-order chi connectivity index (χ0) is 66.1. The van der Waals surface area contributed by atoms with Gasteiger partial charge in [0.25, 0.3) is 23.6 Å². The van der Waals surface area contributed by atoms with Crippen molar-refractivity contribution in [3.63, 3.8) is 0 Å². The molecule has 3 aromatic rings. The van der Waals surface area contributed by atoms with Gasteiger partial charge in [0.2, 0.25) is 23.6 Å². The molecule has 3 aromatic carbocycles. The second-order valence-corrected chi connectivity index (χ2v) is 25.2. The van der Waals surface area contributed by atoms with Gasteiger partial charge in [-0.1, -0.05) is 37.1 Å². The number of nitrogens with zero attached hydrogens (tertiary/aromatic N) is 5. The summed E-state index contributed by atoms with van der Waals surface area (Å²) in [6, 6.07) is 10.3. The van der Waals surface area contributed by atoms with Crippen molar-refractivity contribution in [2.24, 2.45) is 16.3 Å². The van der Waals surface area contributed by atoms with E-state index < -0.39 is 64.8 Å². The molecule has 9 amide bonds. The Morgan fingerprint density at radius 2 is 1.35 bits per heavy atom. The van der Waals surface area contributed by atoms with Crippen molar-refractivity contribution in [2.45, 2.75) is 157 Å². The number of carbonyl (C=O) groups excluding carboxylic acids is 9. The van der Waals surface area contributed by atoms with Gasteiger partial charge in [-0.15, -0.1) is 0 Å². The molecule has 5 aliphatic heterocycles.